The van der Waals surface area contributed by atoms with Crippen molar-refractivity contribution in [1.82, 2.24) is 10.2 Å². The standard InChI is InChI=1S/C15H20N2O2/c1-4-10-17(13(3)18)11-15(19)16-12(2)14-8-6-5-7-9-14/h4-9,12H,1,10-11H2,2-3H3,(H,16,19). The van der Waals surface area contributed by atoms with Crippen LogP contribution in [0.5, 0.6) is 0 Å². The Morgan fingerprint density at radius 2 is 2.00 bits per heavy atom. The summed E-state index contributed by atoms with van der Waals surface area (Å²) in [4.78, 5) is 24.6. The molecular weight excluding hydrogens is 240 g/mol. The molecule has 1 rings (SSSR count). The molecule has 4 nitrogen and oxygen atoms in total. The fourth-order valence-corrected chi connectivity index (χ4v) is 1.75. The van der Waals surface area contributed by atoms with Crippen LogP contribution in [-0.2, 0) is 9.59 Å². The van der Waals surface area contributed by atoms with E-state index in [4.69, 9.17) is 0 Å². The Kier molecular flexibility index (Phi) is 5.79. The molecule has 0 spiro atoms. The largest absolute Gasteiger partial charge is 0.348 e. The molecule has 0 bridgehead atoms. The van der Waals surface area contributed by atoms with Crippen LogP contribution in [0.2, 0.25) is 0 Å². The van der Waals surface area contributed by atoms with Crippen molar-refractivity contribution in [2.24, 2.45) is 0 Å². The molecule has 1 N–H and O–H groups in total. The first kappa shape index (κ1) is 15.0. The Morgan fingerprint density at radius 1 is 1.37 bits per heavy atom. The summed E-state index contributed by atoms with van der Waals surface area (Å²) in [7, 11) is 0. The van der Waals surface area contributed by atoms with Gasteiger partial charge in [-0.3, -0.25) is 9.59 Å². The summed E-state index contributed by atoms with van der Waals surface area (Å²) >= 11 is 0. The quantitative estimate of drug-likeness (QED) is 0.794. The molecule has 0 aliphatic rings. The zero-order valence-electron chi connectivity index (χ0n) is 11.4. The Balaban J connectivity index is 2.55. The third-order valence-corrected chi connectivity index (χ3v) is 2.81. The third-order valence-electron chi connectivity index (χ3n) is 2.81. The number of rotatable bonds is 6. The maximum absolute atomic E-state index is 11.9. The van der Waals surface area contributed by atoms with Crippen molar-refractivity contribution in [2.75, 3.05) is 13.1 Å². The normalized spacial score (nSPS) is 11.5. The molecule has 0 aromatic heterocycles. The molecule has 0 radical (unpaired) electrons. The van der Waals surface area contributed by atoms with Crippen LogP contribution in [0.25, 0.3) is 0 Å². The van der Waals surface area contributed by atoms with Crippen molar-refractivity contribution in [3.8, 4) is 0 Å². The second kappa shape index (κ2) is 7.36. The summed E-state index contributed by atoms with van der Waals surface area (Å²) in [5.41, 5.74) is 1.04. The van der Waals surface area contributed by atoms with E-state index in [-0.39, 0.29) is 24.4 Å². The predicted octanol–water partition coefficient (Wildman–Crippen LogP) is 1.90. The molecule has 0 saturated heterocycles. The van der Waals surface area contributed by atoms with E-state index >= 15 is 0 Å². The first-order valence-corrected chi connectivity index (χ1v) is 6.25. The zero-order chi connectivity index (χ0) is 14.3. The van der Waals surface area contributed by atoms with Gasteiger partial charge in [-0.1, -0.05) is 36.4 Å². The summed E-state index contributed by atoms with van der Waals surface area (Å²) < 4.78 is 0. The number of amides is 2. The molecule has 1 unspecified atom stereocenters. The van der Waals surface area contributed by atoms with Crippen molar-refractivity contribution >= 4 is 11.8 Å². The lowest BCUT2D eigenvalue weighted by molar-refractivity contribution is -0.134. The van der Waals surface area contributed by atoms with E-state index in [1.807, 2.05) is 37.3 Å². The minimum atomic E-state index is -0.173. The average Bonchev–Trinajstić information content (AvgIpc) is 2.39. The molecule has 0 heterocycles. The van der Waals surface area contributed by atoms with Gasteiger partial charge in [-0.2, -0.15) is 0 Å². The highest BCUT2D eigenvalue weighted by Gasteiger charge is 2.14. The fraction of sp³-hybridized carbons (Fsp3) is 0.333. The molecule has 0 fully saturated rings. The molecule has 0 saturated carbocycles. The van der Waals surface area contributed by atoms with E-state index in [1.165, 1.54) is 11.8 Å². The number of carbonyl (C=O) groups is 2. The van der Waals surface area contributed by atoms with Crippen LogP contribution >= 0.6 is 0 Å². The van der Waals surface area contributed by atoms with Crippen molar-refractivity contribution in [3.63, 3.8) is 0 Å². The number of hydrogen-bond acceptors (Lipinski definition) is 2. The van der Waals surface area contributed by atoms with Gasteiger partial charge in [0.1, 0.15) is 0 Å². The lowest BCUT2D eigenvalue weighted by atomic mass is 10.1. The maximum Gasteiger partial charge on any atom is 0.240 e. The summed E-state index contributed by atoms with van der Waals surface area (Å²) in [5.74, 6) is -0.309. The van der Waals surface area contributed by atoms with Crippen LogP contribution in [-0.4, -0.2) is 29.8 Å². The van der Waals surface area contributed by atoms with Gasteiger partial charge in [-0.05, 0) is 12.5 Å². The number of nitrogens with zero attached hydrogens (tertiary/aromatic N) is 1. The summed E-state index contributed by atoms with van der Waals surface area (Å²) in [5, 5.41) is 2.87. The van der Waals surface area contributed by atoms with Gasteiger partial charge >= 0.3 is 0 Å². The third kappa shape index (κ3) is 4.95. The van der Waals surface area contributed by atoms with Crippen LogP contribution in [0.4, 0.5) is 0 Å². The van der Waals surface area contributed by atoms with Crippen LogP contribution in [0.15, 0.2) is 43.0 Å². The van der Waals surface area contributed by atoms with Gasteiger partial charge in [-0.25, -0.2) is 0 Å². The topological polar surface area (TPSA) is 49.4 Å². The highest BCUT2D eigenvalue weighted by Crippen LogP contribution is 2.10. The van der Waals surface area contributed by atoms with Gasteiger partial charge in [-0.15, -0.1) is 6.58 Å². The highest BCUT2D eigenvalue weighted by atomic mass is 16.2. The molecule has 1 aromatic carbocycles. The van der Waals surface area contributed by atoms with E-state index in [1.54, 1.807) is 6.08 Å². The lowest BCUT2D eigenvalue weighted by Gasteiger charge is -2.20. The first-order valence-electron chi connectivity index (χ1n) is 6.25. The number of benzene rings is 1. The van der Waals surface area contributed by atoms with Gasteiger partial charge in [0.25, 0.3) is 0 Å². The maximum atomic E-state index is 11.9. The molecule has 102 valence electrons. The molecule has 19 heavy (non-hydrogen) atoms. The number of hydrogen-bond donors (Lipinski definition) is 1. The Labute approximate surface area is 114 Å². The molecule has 0 aliphatic carbocycles. The van der Waals surface area contributed by atoms with Crippen LogP contribution < -0.4 is 5.32 Å². The Hall–Kier alpha value is -2.10. The van der Waals surface area contributed by atoms with Crippen LogP contribution in [0, 0.1) is 0 Å². The van der Waals surface area contributed by atoms with E-state index < -0.39 is 0 Å². The second-order valence-electron chi connectivity index (χ2n) is 4.39. The molecular formula is C15H20N2O2. The summed E-state index contributed by atoms with van der Waals surface area (Å²) in [6.07, 6.45) is 1.61. The van der Waals surface area contributed by atoms with E-state index in [2.05, 4.69) is 11.9 Å². The van der Waals surface area contributed by atoms with Gasteiger partial charge in [0.15, 0.2) is 0 Å². The molecule has 1 aromatic rings. The van der Waals surface area contributed by atoms with Gasteiger partial charge in [0.05, 0.1) is 12.6 Å². The van der Waals surface area contributed by atoms with Crippen molar-refractivity contribution in [3.05, 3.63) is 48.6 Å². The Bertz CT molecular complexity index is 443. The highest BCUT2D eigenvalue weighted by molar-refractivity contribution is 5.84. The fourth-order valence-electron chi connectivity index (χ4n) is 1.75. The molecule has 4 heteroatoms. The summed E-state index contributed by atoms with van der Waals surface area (Å²) in [6, 6.07) is 9.62. The van der Waals surface area contributed by atoms with Crippen LogP contribution in [0.3, 0.4) is 0 Å². The minimum Gasteiger partial charge on any atom is -0.348 e. The minimum absolute atomic E-state index is 0.0541. The van der Waals surface area contributed by atoms with E-state index in [0.717, 1.165) is 5.56 Å². The monoisotopic (exact) mass is 260 g/mol. The van der Waals surface area contributed by atoms with Gasteiger partial charge in [0, 0.05) is 13.5 Å². The number of carbonyl (C=O) groups excluding carboxylic acids is 2. The SMILES string of the molecule is C=CCN(CC(=O)NC(C)c1ccccc1)C(C)=O. The van der Waals surface area contributed by atoms with Crippen molar-refractivity contribution in [2.45, 2.75) is 19.9 Å². The Morgan fingerprint density at radius 3 is 2.53 bits per heavy atom. The molecule has 1 atom stereocenters. The van der Waals surface area contributed by atoms with E-state index in [9.17, 15) is 9.59 Å². The van der Waals surface area contributed by atoms with Crippen molar-refractivity contribution < 1.29 is 9.59 Å². The van der Waals surface area contributed by atoms with Crippen molar-refractivity contribution in [1.29, 1.82) is 0 Å². The van der Waals surface area contributed by atoms with Gasteiger partial charge in [0.2, 0.25) is 11.8 Å². The predicted molar refractivity (Wildman–Crippen MR) is 75.5 cm³/mol. The summed E-state index contributed by atoms with van der Waals surface area (Å²) in [6.45, 7) is 7.36. The number of nitrogens with one attached hydrogen (secondary N) is 1. The second-order valence-corrected chi connectivity index (χ2v) is 4.39. The van der Waals surface area contributed by atoms with E-state index in [0.29, 0.717) is 6.54 Å². The molecule has 0 aliphatic heterocycles. The lowest BCUT2D eigenvalue weighted by Crippen LogP contribution is -2.40. The molecule has 2 amide bonds. The van der Waals surface area contributed by atoms with Gasteiger partial charge < -0.3 is 10.2 Å². The smallest absolute Gasteiger partial charge is 0.240 e. The first-order chi connectivity index (χ1) is 9.04. The van der Waals surface area contributed by atoms with Crippen LogP contribution in [0.1, 0.15) is 25.5 Å². The average molecular weight is 260 g/mol. The zero-order valence-corrected chi connectivity index (χ0v) is 11.4.